The van der Waals surface area contributed by atoms with Crippen molar-refractivity contribution in [2.45, 2.75) is 31.0 Å². The first-order chi connectivity index (χ1) is 13.6. The number of halogens is 1. The van der Waals surface area contributed by atoms with Gasteiger partial charge in [-0.15, -0.1) is 0 Å². The maximum atomic E-state index is 6.61. The molecule has 0 N–H and O–H groups in total. The predicted molar refractivity (Wildman–Crippen MR) is 110 cm³/mol. The molecule has 0 bridgehead atoms. The van der Waals surface area contributed by atoms with Gasteiger partial charge in [-0.2, -0.15) is 5.10 Å². The standard InChI is InChI=1S/C22H24ClN3O2/c1-25-11-9-22(10-12-25)26-20(18-13-16(23)5-8-21(18)28-22)14-19(24-26)15-3-6-17(27-2)7-4-15/h3-8,13,20H,9-12,14H2,1-2H3. The molecule has 1 spiro atoms. The molecule has 1 unspecified atom stereocenters. The third-order valence-corrected chi connectivity index (χ3v) is 6.39. The Balaban J connectivity index is 1.56. The van der Waals surface area contributed by atoms with E-state index in [1.807, 2.05) is 30.3 Å². The first-order valence-corrected chi connectivity index (χ1v) is 10.1. The Bertz CT molecular complexity index is 920. The zero-order chi connectivity index (χ0) is 19.3. The Hall–Kier alpha value is -2.24. The fourth-order valence-corrected chi connectivity index (χ4v) is 4.69. The molecule has 5 nitrogen and oxygen atoms in total. The third-order valence-electron chi connectivity index (χ3n) is 6.15. The molecule has 0 radical (unpaired) electrons. The minimum absolute atomic E-state index is 0.156. The van der Waals surface area contributed by atoms with Gasteiger partial charge in [-0.1, -0.05) is 11.6 Å². The van der Waals surface area contributed by atoms with Crippen LogP contribution < -0.4 is 9.47 Å². The average molecular weight is 398 g/mol. The second kappa shape index (κ2) is 6.68. The van der Waals surface area contributed by atoms with Crippen molar-refractivity contribution in [3.05, 3.63) is 58.6 Å². The molecule has 146 valence electrons. The van der Waals surface area contributed by atoms with Gasteiger partial charge in [0.15, 0.2) is 0 Å². The lowest BCUT2D eigenvalue weighted by atomic mass is 9.91. The first kappa shape index (κ1) is 17.8. The molecule has 0 aliphatic carbocycles. The molecule has 1 saturated heterocycles. The van der Waals surface area contributed by atoms with Gasteiger partial charge in [0.2, 0.25) is 5.72 Å². The van der Waals surface area contributed by atoms with Gasteiger partial charge in [-0.05, 0) is 55.1 Å². The molecule has 1 fully saturated rings. The van der Waals surface area contributed by atoms with Gasteiger partial charge in [-0.3, -0.25) is 0 Å². The summed E-state index contributed by atoms with van der Waals surface area (Å²) in [7, 11) is 3.85. The van der Waals surface area contributed by atoms with E-state index in [-0.39, 0.29) is 11.8 Å². The van der Waals surface area contributed by atoms with E-state index < -0.39 is 0 Å². The monoisotopic (exact) mass is 397 g/mol. The first-order valence-electron chi connectivity index (χ1n) is 9.76. The number of ether oxygens (including phenoxy) is 2. The topological polar surface area (TPSA) is 37.3 Å². The summed E-state index contributed by atoms with van der Waals surface area (Å²) in [5.74, 6) is 1.80. The van der Waals surface area contributed by atoms with Crippen molar-refractivity contribution in [2.24, 2.45) is 5.10 Å². The molecule has 0 aromatic heterocycles. The van der Waals surface area contributed by atoms with Crippen LogP contribution in [0.1, 0.15) is 36.4 Å². The van der Waals surface area contributed by atoms with Crippen LogP contribution in [0, 0.1) is 0 Å². The van der Waals surface area contributed by atoms with Gasteiger partial charge in [0.1, 0.15) is 11.5 Å². The summed E-state index contributed by atoms with van der Waals surface area (Å²) in [6.07, 6.45) is 2.71. The van der Waals surface area contributed by atoms with Crippen molar-refractivity contribution in [3.63, 3.8) is 0 Å². The molecule has 0 amide bonds. The van der Waals surface area contributed by atoms with E-state index in [2.05, 4.69) is 29.1 Å². The van der Waals surface area contributed by atoms with Gasteiger partial charge in [0, 0.05) is 42.9 Å². The molecule has 6 heteroatoms. The quantitative estimate of drug-likeness (QED) is 0.756. The smallest absolute Gasteiger partial charge is 0.200 e. The molecular formula is C22H24ClN3O2. The SMILES string of the molecule is COc1ccc(C2=NN3C(C2)c2cc(Cl)ccc2OC32CCN(C)CC2)cc1. The van der Waals surface area contributed by atoms with E-state index in [4.69, 9.17) is 26.2 Å². The predicted octanol–water partition coefficient (Wildman–Crippen LogP) is 4.31. The van der Waals surface area contributed by atoms with Gasteiger partial charge in [-0.25, -0.2) is 5.01 Å². The lowest BCUT2D eigenvalue weighted by molar-refractivity contribution is -0.147. The van der Waals surface area contributed by atoms with Crippen molar-refractivity contribution >= 4 is 17.3 Å². The van der Waals surface area contributed by atoms with E-state index in [9.17, 15) is 0 Å². The highest BCUT2D eigenvalue weighted by Gasteiger charge is 2.51. The van der Waals surface area contributed by atoms with Crippen molar-refractivity contribution in [1.29, 1.82) is 0 Å². The van der Waals surface area contributed by atoms with Crippen molar-refractivity contribution in [2.75, 3.05) is 27.2 Å². The number of benzene rings is 2. The van der Waals surface area contributed by atoms with Crippen LogP contribution in [-0.2, 0) is 0 Å². The summed E-state index contributed by atoms with van der Waals surface area (Å²) in [5, 5.41) is 8.05. The molecule has 28 heavy (non-hydrogen) atoms. The molecule has 3 aliphatic rings. The second-order valence-electron chi connectivity index (χ2n) is 7.87. The van der Waals surface area contributed by atoms with Crippen LogP contribution in [0.2, 0.25) is 5.02 Å². The molecule has 5 rings (SSSR count). The Morgan fingerprint density at radius 1 is 1.14 bits per heavy atom. The summed E-state index contributed by atoms with van der Waals surface area (Å²) >= 11 is 6.32. The van der Waals surface area contributed by atoms with Crippen LogP contribution in [0.25, 0.3) is 0 Å². The normalized spacial score (nSPS) is 23.0. The maximum absolute atomic E-state index is 6.61. The molecule has 3 heterocycles. The lowest BCUT2D eigenvalue weighted by Gasteiger charge is -2.50. The zero-order valence-electron chi connectivity index (χ0n) is 16.2. The Kier molecular flexibility index (Phi) is 4.25. The number of fused-ring (bicyclic) bond motifs is 4. The fraction of sp³-hybridized carbons (Fsp3) is 0.409. The highest BCUT2D eigenvalue weighted by Crippen LogP contribution is 2.50. The minimum atomic E-state index is -0.383. The van der Waals surface area contributed by atoms with E-state index in [0.29, 0.717) is 0 Å². The molecule has 2 aromatic carbocycles. The molecule has 0 saturated carbocycles. The number of nitrogens with zero attached hydrogens (tertiary/aromatic N) is 3. The number of hydrazone groups is 1. The fourth-order valence-electron chi connectivity index (χ4n) is 4.51. The number of hydrogen-bond donors (Lipinski definition) is 0. The highest BCUT2D eigenvalue weighted by atomic mass is 35.5. The molecule has 3 aliphatic heterocycles. The molecule has 2 aromatic rings. The van der Waals surface area contributed by atoms with Gasteiger partial charge in [0.05, 0.1) is 18.9 Å². The number of methoxy groups -OCH3 is 1. The summed E-state index contributed by atoms with van der Waals surface area (Å²) < 4.78 is 11.9. The van der Waals surface area contributed by atoms with Crippen molar-refractivity contribution in [1.82, 2.24) is 9.91 Å². The Labute approximate surface area is 170 Å². The van der Waals surface area contributed by atoms with Gasteiger partial charge >= 0.3 is 0 Å². The Morgan fingerprint density at radius 3 is 2.61 bits per heavy atom. The van der Waals surface area contributed by atoms with Crippen LogP contribution in [0.4, 0.5) is 0 Å². The minimum Gasteiger partial charge on any atom is -0.497 e. The largest absolute Gasteiger partial charge is 0.497 e. The Morgan fingerprint density at radius 2 is 1.89 bits per heavy atom. The van der Waals surface area contributed by atoms with E-state index in [1.165, 1.54) is 0 Å². The number of hydrogen-bond acceptors (Lipinski definition) is 5. The second-order valence-corrected chi connectivity index (χ2v) is 8.31. The number of piperidine rings is 1. The molecular weight excluding hydrogens is 374 g/mol. The number of likely N-dealkylation sites (tertiary alicyclic amines) is 1. The summed E-state index contributed by atoms with van der Waals surface area (Å²) in [6, 6.07) is 14.3. The van der Waals surface area contributed by atoms with E-state index in [0.717, 1.165) is 65.7 Å². The van der Waals surface area contributed by atoms with Crippen molar-refractivity contribution in [3.8, 4) is 11.5 Å². The van der Waals surface area contributed by atoms with E-state index in [1.54, 1.807) is 7.11 Å². The number of rotatable bonds is 2. The van der Waals surface area contributed by atoms with Crippen LogP contribution in [-0.4, -0.2) is 48.6 Å². The van der Waals surface area contributed by atoms with Gasteiger partial charge < -0.3 is 14.4 Å². The van der Waals surface area contributed by atoms with Crippen molar-refractivity contribution < 1.29 is 9.47 Å². The average Bonchev–Trinajstić information content (AvgIpc) is 3.18. The summed E-state index contributed by atoms with van der Waals surface area (Å²) in [5.41, 5.74) is 2.96. The molecule has 1 atom stereocenters. The maximum Gasteiger partial charge on any atom is 0.200 e. The van der Waals surface area contributed by atoms with Crippen LogP contribution >= 0.6 is 11.6 Å². The van der Waals surface area contributed by atoms with Crippen LogP contribution in [0.15, 0.2) is 47.6 Å². The lowest BCUT2D eigenvalue weighted by Crippen LogP contribution is -2.58. The van der Waals surface area contributed by atoms with E-state index >= 15 is 0 Å². The van der Waals surface area contributed by atoms with Crippen LogP contribution in [0.3, 0.4) is 0 Å². The summed E-state index contributed by atoms with van der Waals surface area (Å²) in [6.45, 7) is 2.00. The highest BCUT2D eigenvalue weighted by molar-refractivity contribution is 6.30. The summed E-state index contributed by atoms with van der Waals surface area (Å²) in [4.78, 5) is 2.35. The van der Waals surface area contributed by atoms with Crippen LogP contribution in [0.5, 0.6) is 11.5 Å². The third kappa shape index (κ3) is 2.85. The van der Waals surface area contributed by atoms with Gasteiger partial charge in [0.25, 0.3) is 0 Å². The zero-order valence-corrected chi connectivity index (χ0v) is 16.9.